The summed E-state index contributed by atoms with van der Waals surface area (Å²) in [6.07, 6.45) is 5.66. The van der Waals surface area contributed by atoms with Crippen LogP contribution in [0.25, 0.3) is 0 Å². The third-order valence-electron chi connectivity index (χ3n) is 5.50. The first-order valence-corrected chi connectivity index (χ1v) is 9.37. The highest BCUT2D eigenvalue weighted by molar-refractivity contribution is 5.81. The fourth-order valence-corrected chi connectivity index (χ4v) is 3.54. The molecule has 0 radical (unpaired) electrons. The van der Waals surface area contributed by atoms with Crippen molar-refractivity contribution in [1.82, 2.24) is 10.2 Å². The normalized spacial score (nSPS) is 18.5. The van der Waals surface area contributed by atoms with Gasteiger partial charge in [0.25, 0.3) is 0 Å². The van der Waals surface area contributed by atoms with Crippen LogP contribution in [0.5, 0.6) is 5.75 Å². The van der Waals surface area contributed by atoms with Gasteiger partial charge in [-0.2, -0.15) is 0 Å². The smallest absolute Gasteiger partial charge is 0.225 e. The number of carbonyl (C=O) groups excluding carboxylic acids is 2. The van der Waals surface area contributed by atoms with Crippen molar-refractivity contribution < 1.29 is 14.3 Å². The van der Waals surface area contributed by atoms with E-state index in [0.717, 1.165) is 50.9 Å². The van der Waals surface area contributed by atoms with Crippen LogP contribution in [0.15, 0.2) is 24.3 Å². The number of rotatable bonds is 6. The number of ether oxygens (including phenoxy) is 1. The lowest BCUT2D eigenvalue weighted by atomic mass is 9.83. The van der Waals surface area contributed by atoms with Crippen LogP contribution in [0.3, 0.4) is 0 Å². The van der Waals surface area contributed by atoms with Crippen molar-refractivity contribution >= 4 is 11.8 Å². The van der Waals surface area contributed by atoms with Crippen molar-refractivity contribution in [2.45, 2.75) is 38.5 Å². The molecule has 1 aliphatic carbocycles. The molecule has 0 spiro atoms. The van der Waals surface area contributed by atoms with Crippen molar-refractivity contribution in [1.29, 1.82) is 0 Å². The van der Waals surface area contributed by atoms with E-state index in [1.54, 1.807) is 7.11 Å². The van der Waals surface area contributed by atoms with Crippen LogP contribution in [-0.4, -0.2) is 43.5 Å². The van der Waals surface area contributed by atoms with Gasteiger partial charge in [-0.05, 0) is 49.8 Å². The van der Waals surface area contributed by atoms with Crippen molar-refractivity contribution in [3.05, 3.63) is 29.8 Å². The largest absolute Gasteiger partial charge is 0.497 e. The Bertz CT molecular complexity index is 587. The van der Waals surface area contributed by atoms with Gasteiger partial charge in [-0.1, -0.05) is 18.6 Å². The van der Waals surface area contributed by atoms with E-state index in [9.17, 15) is 9.59 Å². The summed E-state index contributed by atoms with van der Waals surface area (Å²) >= 11 is 0. The van der Waals surface area contributed by atoms with E-state index < -0.39 is 0 Å². The lowest BCUT2D eigenvalue weighted by molar-refractivity contribution is -0.141. The van der Waals surface area contributed by atoms with Gasteiger partial charge in [0.15, 0.2) is 0 Å². The average molecular weight is 344 g/mol. The van der Waals surface area contributed by atoms with Crippen LogP contribution in [0.1, 0.15) is 37.7 Å². The lowest BCUT2D eigenvalue weighted by Crippen LogP contribution is -2.46. The number of nitrogens with zero attached hydrogens (tertiary/aromatic N) is 1. The van der Waals surface area contributed by atoms with Crippen molar-refractivity contribution in [2.75, 3.05) is 26.7 Å². The van der Waals surface area contributed by atoms with Crippen molar-refractivity contribution in [3.63, 3.8) is 0 Å². The molecule has 0 unspecified atom stereocenters. The molecule has 1 aromatic rings. The molecule has 3 rings (SSSR count). The molecular weight excluding hydrogens is 316 g/mol. The minimum absolute atomic E-state index is 0.0429. The summed E-state index contributed by atoms with van der Waals surface area (Å²) in [5.74, 6) is 1.58. The van der Waals surface area contributed by atoms with Crippen LogP contribution in [-0.2, 0) is 16.0 Å². The summed E-state index contributed by atoms with van der Waals surface area (Å²) in [6.45, 7) is 2.10. The number of nitrogens with one attached hydrogen (secondary N) is 1. The molecule has 1 saturated heterocycles. The molecule has 5 nitrogen and oxygen atoms in total. The molecule has 25 heavy (non-hydrogen) atoms. The summed E-state index contributed by atoms with van der Waals surface area (Å²) in [4.78, 5) is 26.5. The Morgan fingerprint density at radius 3 is 2.32 bits per heavy atom. The summed E-state index contributed by atoms with van der Waals surface area (Å²) in [5.41, 5.74) is 1.18. The molecule has 0 aromatic heterocycles. The Labute approximate surface area is 149 Å². The molecule has 2 amide bonds. The highest BCUT2D eigenvalue weighted by Crippen LogP contribution is 2.30. The van der Waals surface area contributed by atoms with Crippen LogP contribution >= 0.6 is 0 Å². The molecule has 2 fully saturated rings. The van der Waals surface area contributed by atoms with Gasteiger partial charge in [-0.15, -0.1) is 0 Å². The first kappa shape index (κ1) is 17.8. The summed E-state index contributed by atoms with van der Waals surface area (Å²) in [7, 11) is 1.65. The topological polar surface area (TPSA) is 58.6 Å². The Morgan fingerprint density at radius 2 is 1.76 bits per heavy atom. The van der Waals surface area contributed by atoms with E-state index in [2.05, 4.69) is 5.32 Å². The van der Waals surface area contributed by atoms with E-state index in [1.165, 1.54) is 12.0 Å². The zero-order valence-corrected chi connectivity index (χ0v) is 15.0. The second-order valence-electron chi connectivity index (χ2n) is 7.12. The first-order valence-electron chi connectivity index (χ1n) is 9.37. The number of likely N-dealkylation sites (tertiary alicyclic amines) is 1. The summed E-state index contributed by atoms with van der Waals surface area (Å²) in [5, 5.41) is 3.04. The molecule has 1 aliphatic heterocycles. The first-order chi connectivity index (χ1) is 12.2. The van der Waals surface area contributed by atoms with Gasteiger partial charge in [-0.25, -0.2) is 0 Å². The van der Waals surface area contributed by atoms with Crippen LogP contribution in [0, 0.1) is 11.8 Å². The lowest BCUT2D eigenvalue weighted by Gasteiger charge is -2.36. The molecule has 0 bridgehead atoms. The maximum Gasteiger partial charge on any atom is 0.225 e. The van der Waals surface area contributed by atoms with Gasteiger partial charge < -0.3 is 15.0 Å². The van der Waals surface area contributed by atoms with E-state index in [0.29, 0.717) is 12.5 Å². The molecule has 1 aromatic carbocycles. The standard InChI is InChI=1S/C20H28N2O3/c1-25-18-7-5-15(6-8-18)9-12-21-19(23)16-10-13-22(14-11-16)20(24)17-3-2-4-17/h5-8,16-17H,2-4,9-14H2,1H3,(H,21,23). The number of hydrogen-bond acceptors (Lipinski definition) is 3. The zero-order valence-electron chi connectivity index (χ0n) is 15.0. The SMILES string of the molecule is COc1ccc(CCNC(=O)C2CCN(C(=O)C3CCC3)CC2)cc1. The monoisotopic (exact) mass is 344 g/mol. The maximum absolute atomic E-state index is 12.3. The fraction of sp³-hybridized carbons (Fsp3) is 0.600. The minimum Gasteiger partial charge on any atom is -0.497 e. The Kier molecular flexibility index (Phi) is 5.95. The predicted molar refractivity (Wildman–Crippen MR) is 96.4 cm³/mol. The highest BCUT2D eigenvalue weighted by Gasteiger charge is 2.33. The fourth-order valence-electron chi connectivity index (χ4n) is 3.54. The molecule has 2 aliphatic rings. The molecule has 1 saturated carbocycles. The van der Waals surface area contributed by atoms with Gasteiger partial charge in [0.2, 0.25) is 11.8 Å². The van der Waals surface area contributed by atoms with Gasteiger partial charge in [0.1, 0.15) is 5.75 Å². The van der Waals surface area contributed by atoms with Crippen LogP contribution in [0.2, 0.25) is 0 Å². The van der Waals surface area contributed by atoms with Gasteiger partial charge in [-0.3, -0.25) is 9.59 Å². The number of carbonyl (C=O) groups is 2. The quantitative estimate of drug-likeness (QED) is 0.862. The third kappa shape index (κ3) is 4.53. The number of methoxy groups -OCH3 is 1. The second-order valence-corrected chi connectivity index (χ2v) is 7.12. The Hall–Kier alpha value is -2.04. The number of amides is 2. The van der Waals surface area contributed by atoms with Gasteiger partial charge >= 0.3 is 0 Å². The molecule has 5 heteroatoms. The van der Waals surface area contributed by atoms with Gasteiger partial charge in [0, 0.05) is 31.5 Å². The van der Waals surface area contributed by atoms with E-state index in [4.69, 9.17) is 4.74 Å². The third-order valence-corrected chi connectivity index (χ3v) is 5.50. The molecule has 0 atom stereocenters. The molecular formula is C20H28N2O3. The Morgan fingerprint density at radius 1 is 1.08 bits per heavy atom. The number of hydrogen-bond donors (Lipinski definition) is 1. The van der Waals surface area contributed by atoms with Crippen molar-refractivity contribution in [3.8, 4) is 5.75 Å². The summed E-state index contributed by atoms with van der Waals surface area (Å²) in [6, 6.07) is 7.92. The number of piperidine rings is 1. The minimum atomic E-state index is 0.0429. The van der Waals surface area contributed by atoms with E-state index in [-0.39, 0.29) is 17.7 Å². The molecule has 136 valence electrons. The van der Waals surface area contributed by atoms with E-state index in [1.807, 2.05) is 29.2 Å². The predicted octanol–water partition coefficient (Wildman–Crippen LogP) is 2.39. The van der Waals surface area contributed by atoms with E-state index >= 15 is 0 Å². The van der Waals surface area contributed by atoms with Crippen molar-refractivity contribution in [2.24, 2.45) is 11.8 Å². The second kappa shape index (κ2) is 8.37. The summed E-state index contributed by atoms with van der Waals surface area (Å²) < 4.78 is 5.14. The average Bonchev–Trinajstić information content (AvgIpc) is 2.61. The molecule has 1 N–H and O–H groups in total. The molecule has 1 heterocycles. The number of benzene rings is 1. The van der Waals surface area contributed by atoms with Crippen LogP contribution < -0.4 is 10.1 Å². The maximum atomic E-state index is 12.3. The van der Waals surface area contributed by atoms with Gasteiger partial charge in [0.05, 0.1) is 7.11 Å². The van der Waals surface area contributed by atoms with Crippen LogP contribution in [0.4, 0.5) is 0 Å². The zero-order chi connectivity index (χ0) is 17.6. The highest BCUT2D eigenvalue weighted by atomic mass is 16.5. The Balaban J connectivity index is 1.36.